The Bertz CT molecular complexity index is 2400. The van der Waals surface area contributed by atoms with Crippen LogP contribution in [-0.2, 0) is 53.1 Å². The van der Waals surface area contributed by atoms with Crippen molar-refractivity contribution in [3.8, 4) is 22.8 Å². The molecule has 0 radical (unpaired) electrons. The average molecular weight is 827 g/mol. The first-order chi connectivity index (χ1) is 29.4. The molecule has 0 saturated carbocycles. The Balaban J connectivity index is 1.19. The van der Waals surface area contributed by atoms with E-state index in [9.17, 15) is 28.8 Å². The van der Waals surface area contributed by atoms with Crippen molar-refractivity contribution < 1.29 is 57.2 Å². The van der Waals surface area contributed by atoms with E-state index in [-0.39, 0.29) is 74.8 Å². The Morgan fingerprint density at radius 3 is 1.39 bits per heavy atom. The summed E-state index contributed by atoms with van der Waals surface area (Å²) in [5, 5.41) is 0. The van der Waals surface area contributed by atoms with Crippen molar-refractivity contribution in [3.05, 3.63) is 144 Å². The van der Waals surface area contributed by atoms with Crippen LogP contribution in [0, 0.1) is 0 Å². The van der Waals surface area contributed by atoms with Gasteiger partial charge in [-0.05, 0) is 66.9 Å². The highest BCUT2D eigenvalue weighted by molar-refractivity contribution is 5.89. The monoisotopic (exact) mass is 826 g/mol. The van der Waals surface area contributed by atoms with Gasteiger partial charge in [-0.2, -0.15) is 0 Å². The van der Waals surface area contributed by atoms with E-state index in [1.54, 1.807) is 24.3 Å². The zero-order chi connectivity index (χ0) is 43.5. The Morgan fingerprint density at radius 1 is 0.508 bits per heavy atom. The predicted molar refractivity (Wildman–Crippen MR) is 220 cm³/mol. The number of carbonyl (C=O) groups is 6. The highest BCUT2D eigenvalue weighted by atomic mass is 16.6. The van der Waals surface area contributed by atoms with Crippen LogP contribution < -0.4 is 9.47 Å². The zero-order valence-corrected chi connectivity index (χ0v) is 33.6. The smallest absolute Gasteiger partial charge is 0.333 e. The molecule has 1 aliphatic rings. The molecule has 0 fully saturated rings. The van der Waals surface area contributed by atoms with E-state index < -0.39 is 41.2 Å². The summed E-state index contributed by atoms with van der Waals surface area (Å²) in [7, 11) is 0. The number of aromatic nitrogens is 2. The fourth-order valence-corrected chi connectivity index (χ4v) is 6.63. The number of para-hydroxylation sites is 2. The number of fused-ring (bicyclic) bond motifs is 4. The quantitative estimate of drug-likeness (QED) is 0.0294. The van der Waals surface area contributed by atoms with Gasteiger partial charge in [-0.3, -0.25) is 19.2 Å². The second-order valence-corrected chi connectivity index (χ2v) is 14.0. The summed E-state index contributed by atoms with van der Waals surface area (Å²) in [6.07, 6.45) is -0.948. The molecule has 14 heteroatoms. The van der Waals surface area contributed by atoms with Gasteiger partial charge in [-0.25, -0.2) is 19.6 Å². The molecule has 0 saturated heterocycles. The Kier molecular flexibility index (Phi) is 13.8. The predicted octanol–water partition coefficient (Wildman–Crippen LogP) is 6.69. The lowest BCUT2D eigenvalue weighted by Crippen LogP contribution is -2.29. The molecule has 5 aromatic rings. The van der Waals surface area contributed by atoms with Crippen LogP contribution in [0.25, 0.3) is 22.3 Å². The lowest BCUT2D eigenvalue weighted by atomic mass is 9.69. The van der Waals surface area contributed by atoms with Gasteiger partial charge in [-0.1, -0.05) is 73.8 Å². The molecule has 1 aromatic heterocycles. The van der Waals surface area contributed by atoms with Crippen molar-refractivity contribution in [2.24, 2.45) is 0 Å². The molecule has 0 bridgehead atoms. The van der Waals surface area contributed by atoms with Crippen LogP contribution in [0.2, 0.25) is 0 Å². The van der Waals surface area contributed by atoms with Crippen LogP contribution in [0.5, 0.6) is 11.5 Å². The van der Waals surface area contributed by atoms with Crippen molar-refractivity contribution in [2.75, 3.05) is 26.4 Å². The molecule has 14 nitrogen and oxygen atoms in total. The van der Waals surface area contributed by atoms with Gasteiger partial charge in [0, 0.05) is 16.7 Å². The Morgan fingerprint density at radius 2 is 0.918 bits per heavy atom. The minimum absolute atomic E-state index is 0.134. The van der Waals surface area contributed by atoms with Crippen LogP contribution in [0.4, 0.5) is 0 Å². The standard InChI is InChI=1S/C47H42N2O12/c1-29(2)45(54)58-27-25-56-39(50)21-23-41(52)60-33-17-13-31(14-18-33)47(36-10-6-5-9-35(36)43-44(47)49-38-12-8-7-11-37(38)48-43)32-15-19-34(20-16-32)61-42(53)24-22-40(51)57-26-28-59-46(55)30(3)4/h5-20H,1,3,21-28H2,2,4H3. The molecule has 0 atom stereocenters. The summed E-state index contributed by atoms with van der Waals surface area (Å²) in [6.45, 7) is 9.38. The first-order valence-electron chi connectivity index (χ1n) is 19.3. The van der Waals surface area contributed by atoms with Gasteiger partial charge in [0.2, 0.25) is 0 Å². The minimum atomic E-state index is -1.03. The molecule has 1 heterocycles. The number of carbonyl (C=O) groups excluding carboxylic acids is 6. The van der Waals surface area contributed by atoms with E-state index >= 15 is 0 Å². The number of esters is 6. The van der Waals surface area contributed by atoms with Gasteiger partial charge in [0.25, 0.3) is 0 Å². The van der Waals surface area contributed by atoms with Gasteiger partial charge >= 0.3 is 35.8 Å². The molecule has 0 N–H and O–H groups in total. The van der Waals surface area contributed by atoms with Crippen LogP contribution in [0.1, 0.15) is 61.9 Å². The summed E-state index contributed by atoms with van der Waals surface area (Å²) >= 11 is 0. The minimum Gasteiger partial charge on any atom is -0.462 e. The van der Waals surface area contributed by atoms with Crippen molar-refractivity contribution in [2.45, 2.75) is 44.9 Å². The Hall–Kier alpha value is -7.48. The van der Waals surface area contributed by atoms with Crippen LogP contribution in [-0.4, -0.2) is 72.2 Å². The maximum absolute atomic E-state index is 12.8. The number of ether oxygens (including phenoxy) is 6. The lowest BCUT2D eigenvalue weighted by Gasteiger charge is -2.32. The number of hydrogen-bond acceptors (Lipinski definition) is 14. The molecule has 0 unspecified atom stereocenters. The number of rotatable bonds is 18. The largest absolute Gasteiger partial charge is 0.462 e. The third kappa shape index (κ3) is 10.2. The number of nitrogens with zero attached hydrogens (tertiary/aromatic N) is 2. The molecule has 312 valence electrons. The van der Waals surface area contributed by atoms with E-state index in [0.29, 0.717) is 16.9 Å². The second kappa shape index (κ2) is 19.5. The summed E-state index contributed by atoms with van der Waals surface area (Å²) in [4.78, 5) is 83.1. The highest BCUT2D eigenvalue weighted by Gasteiger charge is 2.48. The number of benzene rings is 4. The van der Waals surface area contributed by atoms with E-state index in [4.69, 9.17) is 38.4 Å². The van der Waals surface area contributed by atoms with Crippen molar-refractivity contribution >= 4 is 46.8 Å². The summed E-state index contributed by atoms with van der Waals surface area (Å²) in [5.74, 6) is -3.28. The van der Waals surface area contributed by atoms with Crippen LogP contribution >= 0.6 is 0 Å². The van der Waals surface area contributed by atoms with E-state index in [1.165, 1.54) is 13.8 Å². The molecule has 0 spiro atoms. The molecule has 1 aliphatic carbocycles. The fraction of sp³-hybridized carbons (Fsp3) is 0.234. The number of hydrogen-bond donors (Lipinski definition) is 0. The molecule has 0 aliphatic heterocycles. The average Bonchev–Trinajstić information content (AvgIpc) is 3.54. The van der Waals surface area contributed by atoms with Crippen LogP contribution in [0.3, 0.4) is 0 Å². The molecule has 61 heavy (non-hydrogen) atoms. The molecule has 6 rings (SSSR count). The molecular weight excluding hydrogens is 785 g/mol. The second-order valence-electron chi connectivity index (χ2n) is 14.0. The Labute approximate surface area is 351 Å². The van der Waals surface area contributed by atoms with Gasteiger partial charge in [0.05, 0.1) is 53.5 Å². The fourth-order valence-electron chi connectivity index (χ4n) is 6.63. The SMILES string of the molecule is C=C(C)C(=O)OCCOC(=O)CCC(=O)Oc1ccc(C2(c3ccc(OC(=O)CCC(=O)OCCOC(=O)C(=C)C)cc3)c3ccccc3-c3nc4ccccc4nc32)cc1. The van der Waals surface area contributed by atoms with Gasteiger partial charge in [0.15, 0.2) is 0 Å². The summed E-state index contributed by atoms with van der Waals surface area (Å²) in [6, 6.07) is 29.5. The molecule has 4 aromatic carbocycles. The van der Waals surface area contributed by atoms with Gasteiger partial charge in [-0.15, -0.1) is 0 Å². The van der Waals surface area contributed by atoms with E-state index in [0.717, 1.165) is 27.8 Å². The van der Waals surface area contributed by atoms with Crippen molar-refractivity contribution in [1.29, 1.82) is 0 Å². The first-order valence-corrected chi connectivity index (χ1v) is 19.3. The summed E-state index contributed by atoms with van der Waals surface area (Å²) in [5.41, 5.74) is 5.52. The maximum Gasteiger partial charge on any atom is 0.333 e. The first kappa shape index (κ1) is 43.1. The topological polar surface area (TPSA) is 184 Å². The molecule has 0 amide bonds. The van der Waals surface area contributed by atoms with Crippen molar-refractivity contribution in [1.82, 2.24) is 9.97 Å². The zero-order valence-electron chi connectivity index (χ0n) is 33.6. The third-order valence-electron chi connectivity index (χ3n) is 9.47. The van der Waals surface area contributed by atoms with E-state index in [2.05, 4.69) is 13.2 Å². The normalized spacial score (nSPS) is 12.0. The summed E-state index contributed by atoms with van der Waals surface area (Å²) < 4.78 is 31.0. The highest BCUT2D eigenvalue weighted by Crippen LogP contribution is 2.55. The van der Waals surface area contributed by atoms with Crippen molar-refractivity contribution in [3.63, 3.8) is 0 Å². The van der Waals surface area contributed by atoms with Crippen LogP contribution in [0.15, 0.2) is 121 Å². The van der Waals surface area contributed by atoms with Gasteiger partial charge in [0.1, 0.15) is 37.9 Å². The molecular formula is C47H42N2O12. The maximum atomic E-state index is 12.8. The lowest BCUT2D eigenvalue weighted by molar-refractivity contribution is -0.151. The van der Waals surface area contributed by atoms with Gasteiger partial charge < -0.3 is 28.4 Å². The third-order valence-corrected chi connectivity index (χ3v) is 9.47. The van der Waals surface area contributed by atoms with E-state index in [1.807, 2.05) is 72.8 Å².